The molecule has 4 nitrogen and oxygen atoms in total. The van der Waals surface area contributed by atoms with Crippen LogP contribution < -0.4 is 0 Å². The van der Waals surface area contributed by atoms with E-state index in [1.54, 1.807) is 18.2 Å². The molecule has 1 aromatic carbocycles. The monoisotopic (exact) mass is 345 g/mol. The number of carbonyl (C=O) groups excluding carboxylic acids is 2. The average molecular weight is 346 g/mol. The van der Waals surface area contributed by atoms with Crippen molar-refractivity contribution < 1.29 is 14.3 Å². The van der Waals surface area contributed by atoms with Crippen LogP contribution in [-0.4, -0.2) is 22.9 Å². The molecule has 1 unspecified atom stereocenters. The highest BCUT2D eigenvalue weighted by Crippen LogP contribution is 2.36. The molecular formula is C19H20ClNO3. The maximum atomic E-state index is 12.8. The Labute approximate surface area is 146 Å². The summed E-state index contributed by atoms with van der Waals surface area (Å²) in [5.74, 6) is -0.682. The lowest BCUT2D eigenvalue weighted by atomic mass is 10.1. The van der Waals surface area contributed by atoms with Crippen LogP contribution in [0.2, 0.25) is 5.02 Å². The molecule has 0 radical (unpaired) electrons. The predicted molar refractivity (Wildman–Crippen MR) is 92.5 cm³/mol. The number of rotatable bonds is 6. The average Bonchev–Trinajstić information content (AvgIpc) is 3.13. The number of aromatic nitrogens is 1. The van der Waals surface area contributed by atoms with Crippen LogP contribution in [0.5, 0.6) is 0 Å². The first kappa shape index (κ1) is 16.8. The van der Waals surface area contributed by atoms with Gasteiger partial charge in [-0.2, -0.15) is 0 Å². The fraction of sp³-hybridized carbons (Fsp3) is 0.368. The molecule has 0 spiro atoms. The largest absolute Gasteiger partial charge is 0.465 e. The van der Waals surface area contributed by atoms with Crippen molar-refractivity contribution in [1.29, 1.82) is 0 Å². The zero-order valence-electron chi connectivity index (χ0n) is 13.6. The van der Waals surface area contributed by atoms with Gasteiger partial charge >= 0.3 is 5.97 Å². The summed E-state index contributed by atoms with van der Waals surface area (Å²) in [7, 11) is 0. The number of nitrogens with zero attached hydrogens (tertiary/aromatic N) is 1. The van der Waals surface area contributed by atoms with Gasteiger partial charge in [0.2, 0.25) is 5.78 Å². The number of ketones is 1. The smallest absolute Gasteiger partial charge is 0.315 e. The molecule has 126 valence electrons. The first-order valence-electron chi connectivity index (χ1n) is 8.28. The number of fused-ring (bicyclic) bond motifs is 1. The Kier molecular flexibility index (Phi) is 5.05. The molecule has 2 heterocycles. The molecule has 1 aliphatic rings. The minimum absolute atomic E-state index is 0.119. The molecule has 1 atom stereocenters. The third kappa shape index (κ3) is 3.11. The van der Waals surface area contributed by atoms with Crippen molar-refractivity contribution in [1.82, 2.24) is 4.57 Å². The standard InChI is InChI=1S/C19H20ClNO3/c1-2-3-11-24-19(23)14-9-10-21-16(14)12-15(20)17(21)18(22)13-7-5-4-6-8-13/h4-8,12,14H,2-3,9-11H2,1H3. The molecule has 0 bridgehead atoms. The first-order valence-corrected chi connectivity index (χ1v) is 8.66. The van der Waals surface area contributed by atoms with Crippen molar-refractivity contribution in [2.45, 2.75) is 38.6 Å². The normalized spacial score (nSPS) is 16.0. The highest BCUT2D eigenvalue weighted by molar-refractivity contribution is 6.35. The van der Waals surface area contributed by atoms with Gasteiger partial charge in [-0.05, 0) is 18.9 Å². The van der Waals surface area contributed by atoms with Crippen molar-refractivity contribution in [2.24, 2.45) is 0 Å². The zero-order valence-corrected chi connectivity index (χ0v) is 14.4. The Balaban J connectivity index is 1.85. The van der Waals surface area contributed by atoms with Gasteiger partial charge in [-0.25, -0.2) is 0 Å². The summed E-state index contributed by atoms with van der Waals surface area (Å²) < 4.78 is 7.20. The molecule has 0 amide bonds. The van der Waals surface area contributed by atoms with Crippen LogP contribution in [0.3, 0.4) is 0 Å². The number of benzene rings is 1. The number of esters is 1. The van der Waals surface area contributed by atoms with E-state index in [4.69, 9.17) is 16.3 Å². The molecule has 2 aromatic rings. The number of hydrogen-bond acceptors (Lipinski definition) is 3. The Bertz CT molecular complexity index is 751. The van der Waals surface area contributed by atoms with Crippen LogP contribution in [0.25, 0.3) is 0 Å². The summed E-state index contributed by atoms with van der Waals surface area (Å²) in [5.41, 5.74) is 1.83. The van der Waals surface area contributed by atoms with Crippen LogP contribution in [0.1, 0.15) is 53.8 Å². The highest BCUT2D eigenvalue weighted by Gasteiger charge is 2.34. The van der Waals surface area contributed by atoms with Gasteiger partial charge in [0.05, 0.1) is 17.5 Å². The second kappa shape index (κ2) is 7.22. The fourth-order valence-electron chi connectivity index (χ4n) is 3.08. The molecule has 0 N–H and O–H groups in total. The van der Waals surface area contributed by atoms with E-state index in [1.807, 2.05) is 22.8 Å². The van der Waals surface area contributed by atoms with E-state index in [1.165, 1.54) is 0 Å². The molecule has 1 aliphatic heterocycles. The van der Waals surface area contributed by atoms with Gasteiger partial charge in [0, 0.05) is 17.8 Å². The summed E-state index contributed by atoms with van der Waals surface area (Å²) in [6, 6.07) is 10.8. The predicted octanol–water partition coefficient (Wildman–Crippen LogP) is 4.20. The summed E-state index contributed by atoms with van der Waals surface area (Å²) in [4.78, 5) is 25.0. The summed E-state index contributed by atoms with van der Waals surface area (Å²) in [6.45, 7) is 3.09. The summed E-state index contributed by atoms with van der Waals surface area (Å²) in [5, 5.41) is 0.393. The molecule has 0 fully saturated rings. The lowest BCUT2D eigenvalue weighted by molar-refractivity contribution is -0.145. The van der Waals surface area contributed by atoms with Crippen molar-refractivity contribution in [3.05, 3.63) is 58.4 Å². The summed E-state index contributed by atoms with van der Waals surface area (Å²) in [6.07, 6.45) is 2.49. The van der Waals surface area contributed by atoms with Crippen LogP contribution in [0.15, 0.2) is 36.4 Å². The van der Waals surface area contributed by atoms with Crippen molar-refractivity contribution in [3.63, 3.8) is 0 Å². The quantitative estimate of drug-likeness (QED) is 0.448. The second-order valence-electron chi connectivity index (χ2n) is 5.97. The number of carbonyl (C=O) groups is 2. The molecule has 0 saturated heterocycles. The fourth-order valence-corrected chi connectivity index (χ4v) is 3.38. The van der Waals surface area contributed by atoms with Crippen molar-refractivity contribution in [3.8, 4) is 0 Å². The van der Waals surface area contributed by atoms with Crippen LogP contribution in [0.4, 0.5) is 0 Å². The molecular weight excluding hydrogens is 326 g/mol. The highest BCUT2D eigenvalue weighted by atomic mass is 35.5. The lowest BCUT2D eigenvalue weighted by Gasteiger charge is -2.09. The lowest BCUT2D eigenvalue weighted by Crippen LogP contribution is -2.14. The van der Waals surface area contributed by atoms with E-state index in [0.29, 0.717) is 35.9 Å². The number of ether oxygens (including phenoxy) is 1. The van der Waals surface area contributed by atoms with Crippen LogP contribution in [-0.2, 0) is 16.1 Å². The Morgan fingerprint density at radius 1 is 1.29 bits per heavy atom. The molecule has 1 aromatic heterocycles. The minimum Gasteiger partial charge on any atom is -0.465 e. The molecule has 3 rings (SSSR count). The van der Waals surface area contributed by atoms with E-state index in [2.05, 4.69) is 6.92 Å². The molecule has 24 heavy (non-hydrogen) atoms. The third-order valence-corrected chi connectivity index (χ3v) is 4.65. The van der Waals surface area contributed by atoms with Gasteiger partial charge in [0.1, 0.15) is 5.69 Å². The van der Waals surface area contributed by atoms with E-state index in [-0.39, 0.29) is 17.7 Å². The van der Waals surface area contributed by atoms with Gasteiger partial charge in [0.25, 0.3) is 0 Å². The molecule has 0 saturated carbocycles. The Morgan fingerprint density at radius 3 is 2.75 bits per heavy atom. The van der Waals surface area contributed by atoms with Crippen LogP contribution >= 0.6 is 11.6 Å². The topological polar surface area (TPSA) is 48.3 Å². The summed E-state index contributed by atoms with van der Waals surface area (Å²) >= 11 is 6.31. The van der Waals surface area contributed by atoms with E-state index in [9.17, 15) is 9.59 Å². The zero-order chi connectivity index (χ0) is 17.1. The maximum absolute atomic E-state index is 12.8. The van der Waals surface area contributed by atoms with Gasteiger partial charge < -0.3 is 9.30 Å². The van der Waals surface area contributed by atoms with Gasteiger partial charge in [-0.3, -0.25) is 9.59 Å². The number of halogens is 1. The SMILES string of the molecule is CCCCOC(=O)C1CCn2c1cc(Cl)c2C(=O)c1ccccc1. The third-order valence-electron chi connectivity index (χ3n) is 4.36. The van der Waals surface area contributed by atoms with Gasteiger partial charge in [0.15, 0.2) is 0 Å². The van der Waals surface area contributed by atoms with Crippen molar-refractivity contribution in [2.75, 3.05) is 6.61 Å². The van der Waals surface area contributed by atoms with Crippen molar-refractivity contribution >= 4 is 23.4 Å². The first-order chi connectivity index (χ1) is 11.6. The number of unbranched alkanes of at least 4 members (excludes halogenated alkanes) is 1. The number of hydrogen-bond donors (Lipinski definition) is 0. The Morgan fingerprint density at radius 2 is 2.04 bits per heavy atom. The minimum atomic E-state index is -0.336. The van der Waals surface area contributed by atoms with Crippen LogP contribution in [0, 0.1) is 0 Å². The van der Waals surface area contributed by atoms with E-state index in [0.717, 1.165) is 18.5 Å². The van der Waals surface area contributed by atoms with Gasteiger partial charge in [-0.1, -0.05) is 55.3 Å². The van der Waals surface area contributed by atoms with E-state index >= 15 is 0 Å². The van der Waals surface area contributed by atoms with E-state index < -0.39 is 0 Å². The molecule has 0 aliphatic carbocycles. The Hall–Kier alpha value is -2.07. The second-order valence-corrected chi connectivity index (χ2v) is 6.38. The van der Waals surface area contributed by atoms with Gasteiger partial charge in [-0.15, -0.1) is 0 Å². The molecule has 5 heteroatoms. The maximum Gasteiger partial charge on any atom is 0.315 e.